The predicted octanol–water partition coefficient (Wildman–Crippen LogP) is 0.562. The number of rotatable bonds is 4. The van der Waals surface area contributed by atoms with Crippen LogP contribution in [0, 0.1) is 23.2 Å². The van der Waals surface area contributed by atoms with E-state index >= 15 is 0 Å². The van der Waals surface area contributed by atoms with Gasteiger partial charge in [-0.1, -0.05) is 0 Å². The van der Waals surface area contributed by atoms with Crippen LogP contribution in [0.15, 0.2) is 0 Å². The molecule has 1 aliphatic carbocycles. The van der Waals surface area contributed by atoms with Crippen molar-refractivity contribution in [1.29, 1.82) is 5.26 Å². The lowest BCUT2D eigenvalue weighted by Crippen LogP contribution is -2.38. The summed E-state index contributed by atoms with van der Waals surface area (Å²) in [7, 11) is 0. The van der Waals surface area contributed by atoms with E-state index in [1.165, 1.54) is 32.4 Å². The minimum absolute atomic E-state index is 0.180. The molecule has 4 atom stereocenters. The molecule has 4 heteroatoms. The van der Waals surface area contributed by atoms with E-state index in [2.05, 4.69) is 21.6 Å². The van der Waals surface area contributed by atoms with Crippen molar-refractivity contribution in [1.82, 2.24) is 15.5 Å². The molecule has 2 aliphatic heterocycles. The van der Waals surface area contributed by atoms with Gasteiger partial charge in [-0.05, 0) is 57.2 Å². The fourth-order valence-electron chi connectivity index (χ4n) is 3.99. The Bertz CT molecular complexity index is 312. The van der Waals surface area contributed by atoms with Crippen LogP contribution in [-0.2, 0) is 0 Å². The first kappa shape index (κ1) is 12.4. The van der Waals surface area contributed by atoms with Gasteiger partial charge in [0.1, 0.15) is 0 Å². The first-order valence-electron chi connectivity index (χ1n) is 7.44. The quantitative estimate of drug-likeness (QED) is 0.763. The minimum Gasteiger partial charge on any atom is -0.316 e. The average molecular weight is 248 g/mol. The van der Waals surface area contributed by atoms with Crippen LogP contribution in [0.25, 0.3) is 0 Å². The number of hydrogen-bond donors (Lipinski definition) is 2. The zero-order chi connectivity index (χ0) is 12.4. The molecule has 18 heavy (non-hydrogen) atoms. The van der Waals surface area contributed by atoms with Crippen molar-refractivity contribution in [3.05, 3.63) is 0 Å². The fourth-order valence-corrected chi connectivity index (χ4v) is 3.99. The lowest BCUT2D eigenvalue weighted by molar-refractivity contribution is 0.286. The number of hydrogen-bond acceptors (Lipinski definition) is 4. The molecule has 0 bridgehead atoms. The fraction of sp³-hybridized carbons (Fsp3) is 0.929. The van der Waals surface area contributed by atoms with Crippen LogP contribution >= 0.6 is 0 Å². The summed E-state index contributed by atoms with van der Waals surface area (Å²) in [5.41, 5.74) is 0. The SMILES string of the molecule is N#C[C@@H]1CCCN1CCNC1C[C@H]2CNC[C@H]2C1. The second-order valence-corrected chi connectivity index (χ2v) is 6.12. The topological polar surface area (TPSA) is 51.1 Å². The third kappa shape index (κ3) is 2.54. The average Bonchev–Trinajstić information content (AvgIpc) is 3.02. The van der Waals surface area contributed by atoms with Crippen molar-refractivity contribution >= 4 is 0 Å². The van der Waals surface area contributed by atoms with Crippen molar-refractivity contribution < 1.29 is 0 Å². The van der Waals surface area contributed by atoms with Crippen LogP contribution < -0.4 is 10.6 Å². The number of nitrogens with zero attached hydrogens (tertiary/aromatic N) is 2. The van der Waals surface area contributed by atoms with Gasteiger partial charge in [0.05, 0.1) is 12.1 Å². The van der Waals surface area contributed by atoms with Gasteiger partial charge in [0.15, 0.2) is 0 Å². The summed E-state index contributed by atoms with van der Waals surface area (Å²) in [5, 5.41) is 16.2. The number of nitrogens with one attached hydrogen (secondary N) is 2. The zero-order valence-corrected chi connectivity index (χ0v) is 11.1. The van der Waals surface area contributed by atoms with Gasteiger partial charge in [-0.15, -0.1) is 0 Å². The molecule has 0 spiro atoms. The highest BCUT2D eigenvalue weighted by molar-refractivity contribution is 4.96. The van der Waals surface area contributed by atoms with Crippen LogP contribution in [-0.4, -0.2) is 49.7 Å². The maximum Gasteiger partial charge on any atom is 0.0978 e. The van der Waals surface area contributed by atoms with Gasteiger partial charge >= 0.3 is 0 Å². The summed E-state index contributed by atoms with van der Waals surface area (Å²) < 4.78 is 0. The van der Waals surface area contributed by atoms with Crippen molar-refractivity contribution in [3.8, 4) is 6.07 Å². The van der Waals surface area contributed by atoms with Crippen LogP contribution in [0.2, 0.25) is 0 Å². The molecular weight excluding hydrogens is 224 g/mol. The summed E-state index contributed by atoms with van der Waals surface area (Å²) in [6.45, 7) is 5.66. The van der Waals surface area contributed by atoms with Gasteiger partial charge in [0, 0.05) is 19.1 Å². The van der Waals surface area contributed by atoms with Crippen LogP contribution in [0.5, 0.6) is 0 Å². The van der Waals surface area contributed by atoms with Gasteiger partial charge in [-0.3, -0.25) is 4.90 Å². The molecule has 2 saturated heterocycles. The summed E-state index contributed by atoms with van der Waals surface area (Å²) in [6, 6.07) is 3.32. The maximum atomic E-state index is 9.04. The van der Waals surface area contributed by atoms with E-state index in [4.69, 9.17) is 5.26 Å². The van der Waals surface area contributed by atoms with Gasteiger partial charge in [-0.2, -0.15) is 5.26 Å². The first-order chi connectivity index (χ1) is 8.86. The molecule has 2 N–H and O–H groups in total. The molecule has 0 amide bonds. The van der Waals surface area contributed by atoms with Gasteiger partial charge in [-0.25, -0.2) is 0 Å². The van der Waals surface area contributed by atoms with E-state index in [9.17, 15) is 0 Å². The summed E-state index contributed by atoms with van der Waals surface area (Å²) in [5.74, 6) is 1.84. The third-order valence-corrected chi connectivity index (χ3v) is 5.00. The summed E-state index contributed by atoms with van der Waals surface area (Å²) in [4.78, 5) is 2.34. The van der Waals surface area contributed by atoms with E-state index in [1.54, 1.807) is 0 Å². The normalized spacial score (nSPS) is 39.9. The zero-order valence-electron chi connectivity index (χ0n) is 11.1. The van der Waals surface area contributed by atoms with Crippen molar-refractivity contribution in [3.63, 3.8) is 0 Å². The highest BCUT2D eigenvalue weighted by Crippen LogP contribution is 2.34. The van der Waals surface area contributed by atoms with E-state index in [0.29, 0.717) is 0 Å². The van der Waals surface area contributed by atoms with Gasteiger partial charge < -0.3 is 10.6 Å². The summed E-state index contributed by atoms with van der Waals surface area (Å²) >= 11 is 0. The Morgan fingerprint density at radius 3 is 2.78 bits per heavy atom. The van der Waals surface area contributed by atoms with Crippen LogP contribution in [0.4, 0.5) is 0 Å². The molecule has 2 heterocycles. The Kier molecular flexibility index (Phi) is 3.83. The van der Waals surface area contributed by atoms with Gasteiger partial charge in [0.25, 0.3) is 0 Å². The number of nitriles is 1. The molecule has 100 valence electrons. The van der Waals surface area contributed by atoms with E-state index in [1.807, 2.05) is 0 Å². The highest BCUT2D eigenvalue weighted by Gasteiger charge is 2.36. The second-order valence-electron chi connectivity index (χ2n) is 6.12. The molecule has 1 saturated carbocycles. The first-order valence-corrected chi connectivity index (χ1v) is 7.44. The van der Waals surface area contributed by atoms with E-state index in [0.717, 1.165) is 43.9 Å². The Labute approximate surface area is 110 Å². The summed E-state index contributed by atoms with van der Waals surface area (Å²) in [6.07, 6.45) is 4.95. The molecular formula is C14H24N4. The second kappa shape index (κ2) is 5.56. The molecule has 3 rings (SSSR count). The number of fused-ring (bicyclic) bond motifs is 1. The lowest BCUT2D eigenvalue weighted by atomic mass is 10.0. The predicted molar refractivity (Wildman–Crippen MR) is 71.1 cm³/mol. The highest BCUT2D eigenvalue weighted by atomic mass is 15.2. The van der Waals surface area contributed by atoms with Crippen molar-refractivity contribution in [2.75, 3.05) is 32.7 Å². The Morgan fingerprint density at radius 1 is 1.28 bits per heavy atom. The van der Waals surface area contributed by atoms with E-state index < -0.39 is 0 Å². The molecule has 0 radical (unpaired) electrons. The third-order valence-electron chi connectivity index (χ3n) is 5.00. The molecule has 4 nitrogen and oxygen atoms in total. The van der Waals surface area contributed by atoms with Crippen molar-refractivity contribution in [2.45, 2.75) is 37.8 Å². The van der Waals surface area contributed by atoms with Crippen LogP contribution in [0.3, 0.4) is 0 Å². The van der Waals surface area contributed by atoms with Crippen molar-refractivity contribution in [2.24, 2.45) is 11.8 Å². The minimum atomic E-state index is 0.180. The number of likely N-dealkylation sites (tertiary alicyclic amines) is 1. The molecule has 0 aromatic rings. The van der Waals surface area contributed by atoms with Crippen LogP contribution in [0.1, 0.15) is 25.7 Å². The molecule has 0 aromatic carbocycles. The Hall–Kier alpha value is -0.630. The molecule has 3 aliphatic rings. The standard InChI is InChI=1S/C14H24N4/c15-8-14-2-1-4-18(14)5-3-17-13-6-11-9-16-10-12(11)7-13/h11-14,16-17H,1-7,9-10H2/t11-,12+,13?,14-/m0/s1. The Morgan fingerprint density at radius 2 is 2.06 bits per heavy atom. The largest absolute Gasteiger partial charge is 0.316 e. The Balaban J connectivity index is 1.37. The monoisotopic (exact) mass is 248 g/mol. The lowest BCUT2D eigenvalue weighted by Gasteiger charge is -2.21. The van der Waals surface area contributed by atoms with E-state index in [-0.39, 0.29) is 6.04 Å². The van der Waals surface area contributed by atoms with Gasteiger partial charge in [0.2, 0.25) is 0 Å². The molecule has 0 aromatic heterocycles. The molecule has 1 unspecified atom stereocenters. The maximum absolute atomic E-state index is 9.04. The smallest absolute Gasteiger partial charge is 0.0978 e. The molecule has 3 fully saturated rings.